The number of ketones is 1. The molecule has 0 saturated carbocycles. The largest absolute Gasteiger partial charge is 0.456 e. The molecule has 10 nitrogen and oxygen atoms in total. The fourth-order valence-electron chi connectivity index (χ4n) is 5.96. The first-order valence-electron chi connectivity index (χ1n) is 17.9. The zero-order valence-corrected chi connectivity index (χ0v) is 31.6. The first-order valence-corrected chi connectivity index (χ1v) is 19.4. The van der Waals surface area contributed by atoms with E-state index in [2.05, 4.69) is 0 Å². The highest BCUT2D eigenvalue weighted by molar-refractivity contribution is 7.90. The van der Waals surface area contributed by atoms with Gasteiger partial charge in [0.1, 0.15) is 23.1 Å². The first kappa shape index (κ1) is 39.6. The van der Waals surface area contributed by atoms with Crippen LogP contribution >= 0.6 is 0 Å². The van der Waals surface area contributed by atoms with E-state index in [-0.39, 0.29) is 48.3 Å². The number of halogens is 1. The molecule has 0 aliphatic rings. The van der Waals surface area contributed by atoms with Crippen LogP contribution in [0.5, 0.6) is 0 Å². The standard InChI is InChI=1S/C42H44FN3O7S/c1-5-14-36-44-35(6-2)38(41(48)53-27-29-15-13-20-32(25-29)39(47)31-18-11-8-12-19-31)46(36)26-33-21-22-34(30-16-9-7-10-17-30)40(37(33)43)54(50,51)45-42(49)52-24-23-28(3)4/h7-13,15-22,25,28H,5-6,14,23-24,26-27H2,1-4H3,(H,45,49). The Hall–Kier alpha value is -5.62. The molecule has 12 heteroatoms. The van der Waals surface area contributed by atoms with Crippen molar-refractivity contribution >= 4 is 27.9 Å². The number of hydrogen-bond donors (Lipinski definition) is 1. The average Bonchev–Trinajstić information content (AvgIpc) is 3.51. The number of ether oxygens (including phenoxy) is 2. The molecule has 54 heavy (non-hydrogen) atoms. The molecule has 1 N–H and O–H groups in total. The number of hydrogen-bond acceptors (Lipinski definition) is 8. The lowest BCUT2D eigenvalue weighted by Crippen LogP contribution is -2.32. The molecule has 0 radical (unpaired) electrons. The van der Waals surface area contributed by atoms with Crippen LogP contribution in [0.1, 0.15) is 89.6 Å². The van der Waals surface area contributed by atoms with Crippen LogP contribution in [0, 0.1) is 11.7 Å². The summed E-state index contributed by atoms with van der Waals surface area (Å²) in [6, 6.07) is 27.0. The minimum Gasteiger partial charge on any atom is -0.456 e. The average molecular weight is 754 g/mol. The topological polar surface area (TPSA) is 134 Å². The zero-order valence-electron chi connectivity index (χ0n) is 30.8. The third-order valence-corrected chi connectivity index (χ3v) is 10.1. The van der Waals surface area contributed by atoms with Gasteiger partial charge in [-0.15, -0.1) is 0 Å². The maximum absolute atomic E-state index is 16.8. The van der Waals surface area contributed by atoms with E-state index in [0.717, 1.165) is 0 Å². The molecule has 0 spiro atoms. The molecule has 5 aromatic rings. The summed E-state index contributed by atoms with van der Waals surface area (Å²) in [7, 11) is -4.79. The number of carbonyl (C=O) groups is 3. The van der Waals surface area contributed by atoms with Gasteiger partial charge in [0, 0.05) is 28.7 Å². The van der Waals surface area contributed by atoms with E-state index in [9.17, 15) is 22.8 Å². The van der Waals surface area contributed by atoms with E-state index in [0.29, 0.717) is 59.5 Å². The lowest BCUT2D eigenvalue weighted by Gasteiger charge is -2.17. The summed E-state index contributed by atoms with van der Waals surface area (Å²) in [5, 5.41) is 0. The summed E-state index contributed by atoms with van der Waals surface area (Å²) in [6.45, 7) is 7.23. The fourth-order valence-corrected chi connectivity index (χ4v) is 7.19. The Balaban J connectivity index is 1.48. The van der Waals surface area contributed by atoms with Crippen LogP contribution in [0.15, 0.2) is 102 Å². The Morgan fingerprint density at radius 2 is 1.56 bits per heavy atom. The molecular formula is C42H44FN3O7S. The molecule has 0 atom stereocenters. The van der Waals surface area contributed by atoms with Gasteiger partial charge in [-0.25, -0.2) is 32.1 Å². The van der Waals surface area contributed by atoms with Gasteiger partial charge in [0.2, 0.25) is 0 Å². The lowest BCUT2D eigenvalue weighted by molar-refractivity contribution is 0.0458. The smallest absolute Gasteiger partial charge is 0.421 e. The predicted octanol–water partition coefficient (Wildman–Crippen LogP) is 8.30. The summed E-state index contributed by atoms with van der Waals surface area (Å²) in [6.07, 6.45) is 0.777. The second-order valence-corrected chi connectivity index (χ2v) is 14.8. The zero-order chi connectivity index (χ0) is 38.8. The second kappa shape index (κ2) is 17.9. The second-order valence-electron chi connectivity index (χ2n) is 13.2. The van der Waals surface area contributed by atoms with E-state index < -0.39 is 32.8 Å². The minimum absolute atomic E-state index is 0.0101. The number of aryl methyl sites for hydroxylation is 2. The highest BCUT2D eigenvalue weighted by Crippen LogP contribution is 2.33. The van der Waals surface area contributed by atoms with Gasteiger partial charge < -0.3 is 14.0 Å². The third-order valence-electron chi connectivity index (χ3n) is 8.72. The van der Waals surface area contributed by atoms with Crippen LogP contribution in [0.4, 0.5) is 9.18 Å². The fraction of sp³-hybridized carbons (Fsp3) is 0.286. The van der Waals surface area contributed by atoms with Crippen molar-refractivity contribution in [3.05, 3.63) is 142 Å². The molecule has 282 valence electrons. The van der Waals surface area contributed by atoms with Crippen LogP contribution < -0.4 is 4.72 Å². The monoisotopic (exact) mass is 753 g/mol. The van der Waals surface area contributed by atoms with Crippen molar-refractivity contribution in [1.29, 1.82) is 0 Å². The maximum Gasteiger partial charge on any atom is 0.421 e. The van der Waals surface area contributed by atoms with Gasteiger partial charge in [0.25, 0.3) is 10.0 Å². The molecule has 0 unspecified atom stereocenters. The number of sulfonamides is 1. The minimum atomic E-state index is -4.79. The van der Waals surface area contributed by atoms with Gasteiger partial charge in [0.05, 0.1) is 18.8 Å². The highest BCUT2D eigenvalue weighted by atomic mass is 32.2. The van der Waals surface area contributed by atoms with E-state index >= 15 is 4.39 Å². The lowest BCUT2D eigenvalue weighted by atomic mass is 10.0. The molecule has 0 aliphatic carbocycles. The molecule has 0 saturated heterocycles. The Bertz CT molecular complexity index is 2220. The van der Waals surface area contributed by atoms with Crippen LogP contribution in [-0.2, 0) is 45.5 Å². The molecule has 1 amide bonds. The molecule has 1 aromatic heterocycles. The number of nitrogens with one attached hydrogen (secondary N) is 1. The summed E-state index contributed by atoms with van der Waals surface area (Å²) in [5.74, 6) is -1.25. The van der Waals surface area contributed by atoms with E-state index in [1.54, 1.807) is 83.4 Å². The SMILES string of the molecule is CCCc1nc(CC)c(C(=O)OCc2cccc(C(=O)c3ccccc3)c2)n1Cc1ccc(-c2ccccc2)c(S(=O)(=O)NC(=O)OCCC(C)C)c1F. The summed E-state index contributed by atoms with van der Waals surface area (Å²) >= 11 is 0. The van der Waals surface area contributed by atoms with Crippen molar-refractivity contribution in [2.24, 2.45) is 5.92 Å². The van der Waals surface area contributed by atoms with E-state index in [1.807, 2.05) is 38.5 Å². The van der Waals surface area contributed by atoms with Crippen molar-refractivity contribution in [3.8, 4) is 11.1 Å². The Kier molecular flexibility index (Phi) is 13.1. The molecule has 0 fully saturated rings. The summed E-state index contributed by atoms with van der Waals surface area (Å²) in [4.78, 5) is 43.5. The van der Waals surface area contributed by atoms with Gasteiger partial charge in [-0.05, 0) is 42.4 Å². The van der Waals surface area contributed by atoms with Gasteiger partial charge in [-0.2, -0.15) is 0 Å². The van der Waals surface area contributed by atoms with E-state index in [4.69, 9.17) is 14.5 Å². The van der Waals surface area contributed by atoms with Gasteiger partial charge in [-0.1, -0.05) is 119 Å². The number of aromatic nitrogens is 2. The Morgan fingerprint density at radius 3 is 2.22 bits per heavy atom. The third kappa shape index (κ3) is 9.48. The predicted molar refractivity (Wildman–Crippen MR) is 203 cm³/mol. The van der Waals surface area contributed by atoms with Crippen LogP contribution in [-0.4, -0.2) is 42.4 Å². The number of esters is 1. The van der Waals surface area contributed by atoms with Crippen LogP contribution in [0.25, 0.3) is 11.1 Å². The number of imidazole rings is 1. The molecule has 4 aromatic carbocycles. The Labute approximate surface area is 315 Å². The number of rotatable bonds is 16. The van der Waals surface area contributed by atoms with Gasteiger partial charge >= 0.3 is 12.1 Å². The van der Waals surface area contributed by atoms with Gasteiger partial charge in [0.15, 0.2) is 11.5 Å². The quantitative estimate of drug-likeness (QED) is 0.0786. The number of carbonyl (C=O) groups excluding carboxylic acids is 3. The normalized spacial score (nSPS) is 11.4. The molecule has 5 rings (SSSR count). The molecule has 0 aliphatic heterocycles. The maximum atomic E-state index is 16.8. The molecule has 1 heterocycles. The molecular weight excluding hydrogens is 710 g/mol. The number of amides is 1. The van der Waals surface area contributed by atoms with E-state index in [1.165, 1.54) is 12.1 Å². The number of benzene rings is 4. The van der Waals surface area contributed by atoms with Gasteiger partial charge in [-0.3, -0.25) is 4.79 Å². The molecule has 0 bridgehead atoms. The van der Waals surface area contributed by atoms with Crippen molar-refractivity contribution in [1.82, 2.24) is 14.3 Å². The van der Waals surface area contributed by atoms with Crippen molar-refractivity contribution < 1.29 is 36.7 Å². The summed E-state index contributed by atoms with van der Waals surface area (Å²) < 4.78 is 58.6. The van der Waals surface area contributed by atoms with Crippen molar-refractivity contribution in [2.75, 3.05) is 6.61 Å². The van der Waals surface area contributed by atoms with Crippen LogP contribution in [0.2, 0.25) is 0 Å². The summed E-state index contributed by atoms with van der Waals surface area (Å²) in [5.41, 5.74) is 2.52. The van der Waals surface area contributed by atoms with Crippen molar-refractivity contribution in [3.63, 3.8) is 0 Å². The first-order chi connectivity index (χ1) is 25.9. The highest BCUT2D eigenvalue weighted by Gasteiger charge is 2.30. The van der Waals surface area contributed by atoms with Crippen molar-refractivity contribution in [2.45, 2.75) is 71.4 Å². The van der Waals surface area contributed by atoms with Crippen LogP contribution in [0.3, 0.4) is 0 Å². The number of nitrogens with zero attached hydrogens (tertiary/aromatic N) is 2. The Morgan fingerprint density at radius 1 is 0.870 bits per heavy atom.